The van der Waals surface area contributed by atoms with Crippen LogP contribution in [0.3, 0.4) is 0 Å². The first-order valence-corrected chi connectivity index (χ1v) is 7.01. The summed E-state index contributed by atoms with van der Waals surface area (Å²) in [6.45, 7) is 0.172. The maximum Gasteiger partial charge on any atom is 0.338 e. The summed E-state index contributed by atoms with van der Waals surface area (Å²) < 4.78 is 5.32. The fraction of sp³-hybridized carbons (Fsp3) is 0.0556. The number of benzene rings is 3. The Morgan fingerprint density at radius 2 is 1.62 bits per heavy atom. The lowest BCUT2D eigenvalue weighted by atomic mass is 10.1. The van der Waals surface area contributed by atoms with Gasteiger partial charge in [-0.1, -0.05) is 60.1 Å². The van der Waals surface area contributed by atoms with E-state index >= 15 is 0 Å². The van der Waals surface area contributed by atoms with Crippen LogP contribution in [0.4, 0.5) is 0 Å². The van der Waals surface area contributed by atoms with Crippen molar-refractivity contribution in [2.24, 2.45) is 0 Å². The van der Waals surface area contributed by atoms with E-state index in [0.717, 1.165) is 16.3 Å². The third-order valence-corrected chi connectivity index (χ3v) is 3.67. The number of carbonyl (C=O) groups is 1. The molecule has 0 saturated heterocycles. The van der Waals surface area contributed by atoms with E-state index in [1.165, 1.54) is 0 Å². The summed E-state index contributed by atoms with van der Waals surface area (Å²) in [6.07, 6.45) is 0. The molecule has 0 N–H and O–H groups in total. The molecule has 3 aromatic rings. The van der Waals surface area contributed by atoms with Gasteiger partial charge < -0.3 is 4.74 Å². The van der Waals surface area contributed by atoms with Crippen molar-refractivity contribution in [1.29, 1.82) is 0 Å². The molecular formula is C18H13ClO2. The standard InChI is InChI=1S/C18H13ClO2/c19-17-8-4-3-7-16(17)12-21-18(20)15-10-9-13-5-1-2-6-14(13)11-15/h1-11H,12H2. The lowest BCUT2D eigenvalue weighted by molar-refractivity contribution is 0.0473. The van der Waals surface area contributed by atoms with E-state index in [-0.39, 0.29) is 12.6 Å². The highest BCUT2D eigenvalue weighted by atomic mass is 35.5. The number of esters is 1. The van der Waals surface area contributed by atoms with Crippen LogP contribution in [-0.2, 0) is 11.3 Å². The Balaban J connectivity index is 1.76. The van der Waals surface area contributed by atoms with E-state index in [0.29, 0.717) is 10.6 Å². The van der Waals surface area contributed by atoms with Gasteiger partial charge in [0.15, 0.2) is 0 Å². The maximum absolute atomic E-state index is 12.1. The molecule has 2 nitrogen and oxygen atoms in total. The van der Waals surface area contributed by atoms with Gasteiger partial charge in [0.2, 0.25) is 0 Å². The zero-order valence-electron chi connectivity index (χ0n) is 11.3. The van der Waals surface area contributed by atoms with E-state index in [9.17, 15) is 4.79 Å². The van der Waals surface area contributed by atoms with Gasteiger partial charge in [0.25, 0.3) is 0 Å². The lowest BCUT2D eigenvalue weighted by Crippen LogP contribution is -2.05. The first-order chi connectivity index (χ1) is 10.2. The molecule has 3 aromatic carbocycles. The van der Waals surface area contributed by atoms with Crippen molar-refractivity contribution in [3.8, 4) is 0 Å². The van der Waals surface area contributed by atoms with Crippen LogP contribution >= 0.6 is 11.6 Å². The Kier molecular flexibility index (Phi) is 3.89. The van der Waals surface area contributed by atoms with Crippen LogP contribution in [0.25, 0.3) is 10.8 Å². The Labute approximate surface area is 127 Å². The van der Waals surface area contributed by atoms with Crippen LogP contribution in [0.5, 0.6) is 0 Å². The number of ether oxygens (including phenoxy) is 1. The van der Waals surface area contributed by atoms with Gasteiger partial charge in [0.1, 0.15) is 6.61 Å². The third-order valence-electron chi connectivity index (χ3n) is 3.30. The van der Waals surface area contributed by atoms with Crippen molar-refractivity contribution < 1.29 is 9.53 Å². The number of fused-ring (bicyclic) bond motifs is 1. The largest absolute Gasteiger partial charge is 0.457 e. The van der Waals surface area contributed by atoms with Crippen molar-refractivity contribution in [1.82, 2.24) is 0 Å². The fourth-order valence-corrected chi connectivity index (χ4v) is 2.35. The second-order valence-electron chi connectivity index (χ2n) is 4.73. The predicted octanol–water partition coefficient (Wildman–Crippen LogP) is 4.85. The van der Waals surface area contributed by atoms with Crippen LogP contribution in [0.2, 0.25) is 5.02 Å². The van der Waals surface area contributed by atoms with Crippen LogP contribution in [0.15, 0.2) is 66.7 Å². The molecule has 0 unspecified atom stereocenters. The highest BCUT2D eigenvalue weighted by Crippen LogP contribution is 2.19. The van der Waals surface area contributed by atoms with Crippen LogP contribution in [0, 0.1) is 0 Å². The quantitative estimate of drug-likeness (QED) is 0.646. The summed E-state index contributed by atoms with van der Waals surface area (Å²) in [4.78, 5) is 12.1. The first-order valence-electron chi connectivity index (χ1n) is 6.63. The van der Waals surface area contributed by atoms with Crippen LogP contribution in [-0.4, -0.2) is 5.97 Å². The first kappa shape index (κ1) is 13.7. The summed E-state index contributed by atoms with van der Waals surface area (Å²) in [5.74, 6) is -0.347. The Hall–Kier alpha value is -2.32. The Bertz CT molecular complexity index is 796. The summed E-state index contributed by atoms with van der Waals surface area (Å²) in [5.41, 5.74) is 1.34. The molecule has 0 aliphatic rings. The molecule has 3 rings (SSSR count). The van der Waals surface area contributed by atoms with Crippen molar-refractivity contribution >= 4 is 28.3 Å². The zero-order valence-corrected chi connectivity index (χ0v) is 12.0. The molecule has 0 aromatic heterocycles. The Morgan fingerprint density at radius 1 is 0.905 bits per heavy atom. The molecule has 0 aliphatic carbocycles. The van der Waals surface area contributed by atoms with Gasteiger partial charge in [-0.2, -0.15) is 0 Å². The molecule has 0 spiro atoms. The number of carbonyl (C=O) groups excluding carboxylic acids is 1. The van der Waals surface area contributed by atoms with Gasteiger partial charge in [-0.25, -0.2) is 4.79 Å². The van der Waals surface area contributed by atoms with Gasteiger partial charge in [-0.05, 0) is 29.0 Å². The van der Waals surface area contributed by atoms with Crippen molar-refractivity contribution in [3.63, 3.8) is 0 Å². The fourth-order valence-electron chi connectivity index (χ4n) is 2.16. The van der Waals surface area contributed by atoms with Gasteiger partial charge >= 0.3 is 5.97 Å². The molecule has 0 heterocycles. The molecule has 0 aliphatic heterocycles. The van der Waals surface area contributed by atoms with Crippen molar-refractivity contribution in [2.45, 2.75) is 6.61 Å². The van der Waals surface area contributed by atoms with E-state index in [1.54, 1.807) is 12.1 Å². The SMILES string of the molecule is O=C(OCc1ccccc1Cl)c1ccc2ccccc2c1. The van der Waals surface area contributed by atoms with Crippen molar-refractivity contribution in [3.05, 3.63) is 82.9 Å². The molecule has 0 radical (unpaired) electrons. The second-order valence-corrected chi connectivity index (χ2v) is 5.14. The third kappa shape index (κ3) is 3.06. The normalized spacial score (nSPS) is 10.5. The lowest BCUT2D eigenvalue weighted by Gasteiger charge is -2.07. The van der Waals surface area contributed by atoms with E-state index in [4.69, 9.17) is 16.3 Å². The maximum atomic E-state index is 12.1. The number of hydrogen-bond donors (Lipinski definition) is 0. The number of halogens is 1. The minimum atomic E-state index is -0.347. The van der Waals surface area contributed by atoms with Crippen molar-refractivity contribution in [2.75, 3.05) is 0 Å². The summed E-state index contributed by atoms with van der Waals surface area (Å²) in [6, 6.07) is 20.8. The molecule has 3 heteroatoms. The van der Waals surface area contributed by atoms with Gasteiger partial charge in [0, 0.05) is 10.6 Å². The molecule has 21 heavy (non-hydrogen) atoms. The van der Waals surface area contributed by atoms with E-state index in [2.05, 4.69) is 0 Å². The topological polar surface area (TPSA) is 26.3 Å². The molecule has 0 saturated carbocycles. The van der Waals surface area contributed by atoms with Gasteiger partial charge in [-0.3, -0.25) is 0 Å². The predicted molar refractivity (Wildman–Crippen MR) is 84.5 cm³/mol. The highest BCUT2D eigenvalue weighted by molar-refractivity contribution is 6.31. The Morgan fingerprint density at radius 3 is 2.43 bits per heavy atom. The monoisotopic (exact) mass is 296 g/mol. The summed E-state index contributed by atoms with van der Waals surface area (Å²) in [5, 5.41) is 2.72. The van der Waals surface area contributed by atoms with E-state index < -0.39 is 0 Å². The average molecular weight is 297 g/mol. The molecule has 0 bridgehead atoms. The van der Waals surface area contributed by atoms with E-state index in [1.807, 2.05) is 54.6 Å². The number of hydrogen-bond acceptors (Lipinski definition) is 2. The summed E-state index contributed by atoms with van der Waals surface area (Å²) in [7, 11) is 0. The molecule has 0 amide bonds. The highest BCUT2D eigenvalue weighted by Gasteiger charge is 2.09. The van der Waals surface area contributed by atoms with Gasteiger partial charge in [0.05, 0.1) is 5.56 Å². The molecule has 104 valence electrons. The smallest absolute Gasteiger partial charge is 0.338 e. The molecule has 0 fully saturated rings. The minimum absolute atomic E-state index is 0.172. The molecule has 0 atom stereocenters. The minimum Gasteiger partial charge on any atom is -0.457 e. The van der Waals surface area contributed by atoms with Crippen LogP contribution in [0.1, 0.15) is 15.9 Å². The average Bonchev–Trinajstić information content (AvgIpc) is 2.53. The molecular weight excluding hydrogens is 284 g/mol. The number of rotatable bonds is 3. The second kappa shape index (κ2) is 5.98. The summed E-state index contributed by atoms with van der Waals surface area (Å²) >= 11 is 6.04. The van der Waals surface area contributed by atoms with Crippen LogP contribution < -0.4 is 0 Å². The van der Waals surface area contributed by atoms with Gasteiger partial charge in [-0.15, -0.1) is 0 Å². The zero-order chi connectivity index (χ0) is 14.7.